The van der Waals surface area contributed by atoms with E-state index >= 15 is 0 Å². The fourth-order valence-electron chi connectivity index (χ4n) is 4.08. The number of nitrogens with zero attached hydrogens (tertiary/aromatic N) is 1. The molecule has 0 radical (unpaired) electrons. The van der Waals surface area contributed by atoms with E-state index in [1.165, 1.54) is 0 Å². The average Bonchev–Trinajstić information content (AvgIpc) is 2.73. The third-order valence-corrected chi connectivity index (χ3v) is 5.75. The van der Waals surface area contributed by atoms with E-state index < -0.39 is 23.5 Å². The van der Waals surface area contributed by atoms with Crippen LogP contribution in [0.25, 0.3) is 10.8 Å². The average molecular weight is 412 g/mol. The lowest BCUT2D eigenvalue weighted by molar-refractivity contribution is -0.147. The highest BCUT2D eigenvalue weighted by Gasteiger charge is 2.39. The van der Waals surface area contributed by atoms with Crippen molar-refractivity contribution in [3.05, 3.63) is 42.5 Å². The molecule has 1 unspecified atom stereocenters. The van der Waals surface area contributed by atoms with Gasteiger partial charge in [-0.1, -0.05) is 43.7 Å². The number of fused-ring (bicyclic) bond motifs is 1. The number of nitrogens with one attached hydrogen (secondary N) is 2. The van der Waals surface area contributed by atoms with Crippen molar-refractivity contribution >= 4 is 34.4 Å². The minimum absolute atomic E-state index is 0.165. The molecule has 0 aromatic heterocycles. The van der Waals surface area contributed by atoms with E-state index in [9.17, 15) is 14.4 Å². The highest BCUT2D eigenvalue weighted by Crippen LogP contribution is 2.23. The first-order valence-corrected chi connectivity index (χ1v) is 10.4. The van der Waals surface area contributed by atoms with Crippen LogP contribution in [-0.2, 0) is 9.59 Å². The molecule has 0 bridgehead atoms. The van der Waals surface area contributed by atoms with Gasteiger partial charge in [-0.2, -0.15) is 0 Å². The Morgan fingerprint density at radius 1 is 1.10 bits per heavy atom. The molecular formula is C23H29N3O4. The van der Waals surface area contributed by atoms with Crippen molar-refractivity contribution in [1.82, 2.24) is 10.2 Å². The Hall–Kier alpha value is -3.09. The fourth-order valence-corrected chi connectivity index (χ4v) is 4.08. The van der Waals surface area contributed by atoms with Crippen molar-refractivity contribution < 1.29 is 19.5 Å². The number of benzene rings is 2. The van der Waals surface area contributed by atoms with E-state index in [1.807, 2.05) is 49.4 Å². The van der Waals surface area contributed by atoms with Crippen LogP contribution in [0.1, 0.15) is 39.5 Å². The zero-order valence-electron chi connectivity index (χ0n) is 17.5. The SMILES string of the molecule is CCCC(C)(NC(=O)Nc1ccc2ccccc2c1)C(=O)N1CCC(C(=O)O)CC1. The number of hydrogen-bond donors (Lipinski definition) is 3. The standard InChI is InChI=1S/C23H29N3O4/c1-3-12-23(2,21(29)26-13-10-17(11-14-26)20(27)28)25-22(30)24-19-9-8-16-6-4-5-7-18(16)15-19/h4-9,15,17H,3,10-14H2,1-2H3,(H,27,28)(H2,24,25,30). The van der Waals surface area contributed by atoms with E-state index in [4.69, 9.17) is 5.11 Å². The fraction of sp³-hybridized carbons (Fsp3) is 0.435. The molecule has 7 heteroatoms. The van der Waals surface area contributed by atoms with Crippen LogP contribution in [0.4, 0.5) is 10.5 Å². The van der Waals surface area contributed by atoms with Crippen LogP contribution in [0.15, 0.2) is 42.5 Å². The second-order valence-electron chi connectivity index (χ2n) is 8.13. The lowest BCUT2D eigenvalue weighted by atomic mass is 9.91. The van der Waals surface area contributed by atoms with E-state index in [2.05, 4.69) is 10.6 Å². The summed E-state index contributed by atoms with van der Waals surface area (Å²) in [4.78, 5) is 38.7. The molecule has 3 amide bonds. The molecule has 2 aromatic carbocycles. The third kappa shape index (κ3) is 4.90. The molecule has 1 heterocycles. The monoisotopic (exact) mass is 411 g/mol. The van der Waals surface area contributed by atoms with Crippen molar-refractivity contribution in [1.29, 1.82) is 0 Å². The lowest BCUT2D eigenvalue weighted by Gasteiger charge is -2.38. The smallest absolute Gasteiger partial charge is 0.320 e. The van der Waals surface area contributed by atoms with Gasteiger partial charge < -0.3 is 20.6 Å². The summed E-state index contributed by atoms with van der Waals surface area (Å²) in [7, 11) is 0. The van der Waals surface area contributed by atoms with Gasteiger partial charge in [0.15, 0.2) is 0 Å². The van der Waals surface area contributed by atoms with Crippen LogP contribution >= 0.6 is 0 Å². The van der Waals surface area contributed by atoms with E-state index in [-0.39, 0.29) is 5.91 Å². The highest BCUT2D eigenvalue weighted by molar-refractivity contribution is 5.97. The molecule has 3 N–H and O–H groups in total. The molecule has 2 aromatic rings. The highest BCUT2D eigenvalue weighted by atomic mass is 16.4. The first-order valence-electron chi connectivity index (χ1n) is 10.4. The van der Waals surface area contributed by atoms with E-state index in [0.717, 1.165) is 17.2 Å². The number of carboxylic acid groups (broad SMARTS) is 1. The zero-order valence-corrected chi connectivity index (χ0v) is 17.5. The predicted molar refractivity (Wildman–Crippen MR) is 116 cm³/mol. The van der Waals surface area contributed by atoms with Crippen molar-refractivity contribution in [3.63, 3.8) is 0 Å². The summed E-state index contributed by atoms with van der Waals surface area (Å²) in [6.07, 6.45) is 2.10. The second-order valence-corrected chi connectivity index (χ2v) is 8.13. The Balaban J connectivity index is 1.67. The molecule has 0 spiro atoms. The molecule has 1 fully saturated rings. The summed E-state index contributed by atoms with van der Waals surface area (Å²) in [6.45, 7) is 4.49. The van der Waals surface area contributed by atoms with Gasteiger partial charge in [-0.15, -0.1) is 0 Å². The number of carboxylic acids is 1. The molecule has 0 saturated carbocycles. The molecule has 7 nitrogen and oxygen atoms in total. The molecule has 160 valence electrons. The molecular weight excluding hydrogens is 382 g/mol. The first kappa shape index (κ1) is 21.6. The summed E-state index contributed by atoms with van der Waals surface area (Å²) in [5.74, 6) is -1.39. The minimum atomic E-state index is -1.05. The maximum absolute atomic E-state index is 13.2. The number of piperidine rings is 1. The van der Waals surface area contributed by atoms with Gasteiger partial charge in [0, 0.05) is 18.8 Å². The molecule has 1 aliphatic rings. The lowest BCUT2D eigenvalue weighted by Crippen LogP contribution is -2.59. The van der Waals surface area contributed by atoms with Gasteiger partial charge in [-0.25, -0.2) is 4.79 Å². The Morgan fingerprint density at radius 2 is 1.77 bits per heavy atom. The van der Waals surface area contributed by atoms with Gasteiger partial charge in [0.2, 0.25) is 5.91 Å². The van der Waals surface area contributed by atoms with Gasteiger partial charge in [-0.3, -0.25) is 9.59 Å². The number of aliphatic carboxylic acids is 1. The predicted octanol–water partition coefficient (Wildman–Crippen LogP) is 3.84. The summed E-state index contributed by atoms with van der Waals surface area (Å²) in [5, 5.41) is 17.0. The van der Waals surface area contributed by atoms with Crippen LogP contribution in [0.5, 0.6) is 0 Å². The van der Waals surface area contributed by atoms with Crippen LogP contribution in [0.3, 0.4) is 0 Å². The summed E-state index contributed by atoms with van der Waals surface area (Å²) >= 11 is 0. The number of carbonyl (C=O) groups is 3. The van der Waals surface area contributed by atoms with Crippen LogP contribution < -0.4 is 10.6 Å². The van der Waals surface area contributed by atoms with Gasteiger partial charge in [0.25, 0.3) is 0 Å². The number of likely N-dealkylation sites (tertiary alicyclic amines) is 1. The summed E-state index contributed by atoms with van der Waals surface area (Å²) in [6, 6.07) is 13.1. The topological polar surface area (TPSA) is 98.7 Å². The van der Waals surface area contributed by atoms with Gasteiger partial charge in [0.1, 0.15) is 5.54 Å². The number of amides is 3. The molecule has 1 saturated heterocycles. The third-order valence-electron chi connectivity index (χ3n) is 5.75. The Labute approximate surface area is 176 Å². The van der Waals surface area contributed by atoms with Crippen LogP contribution in [-0.4, -0.2) is 46.5 Å². The minimum Gasteiger partial charge on any atom is -0.481 e. The van der Waals surface area contributed by atoms with Crippen molar-refractivity contribution in [3.8, 4) is 0 Å². The van der Waals surface area contributed by atoms with Crippen molar-refractivity contribution in [2.75, 3.05) is 18.4 Å². The zero-order chi connectivity index (χ0) is 21.7. The Bertz CT molecular complexity index is 937. The number of anilines is 1. The normalized spacial score (nSPS) is 16.7. The quantitative estimate of drug-likeness (QED) is 0.672. The van der Waals surface area contributed by atoms with E-state index in [1.54, 1.807) is 11.8 Å². The molecule has 1 atom stereocenters. The molecule has 3 rings (SSSR count). The maximum Gasteiger partial charge on any atom is 0.320 e. The molecule has 1 aliphatic heterocycles. The van der Waals surface area contributed by atoms with Crippen LogP contribution in [0.2, 0.25) is 0 Å². The number of rotatable bonds is 6. The van der Waals surface area contributed by atoms with Gasteiger partial charge >= 0.3 is 12.0 Å². The number of carbonyl (C=O) groups excluding carboxylic acids is 2. The Kier molecular flexibility index (Phi) is 6.59. The van der Waals surface area contributed by atoms with Crippen molar-refractivity contribution in [2.24, 2.45) is 5.92 Å². The first-order chi connectivity index (χ1) is 14.3. The molecule has 0 aliphatic carbocycles. The van der Waals surface area contributed by atoms with E-state index in [0.29, 0.717) is 38.0 Å². The number of urea groups is 1. The Morgan fingerprint density at radius 3 is 2.40 bits per heavy atom. The van der Waals surface area contributed by atoms with Crippen molar-refractivity contribution in [2.45, 2.75) is 45.1 Å². The van der Waals surface area contributed by atoms with Crippen LogP contribution in [0, 0.1) is 5.92 Å². The van der Waals surface area contributed by atoms with Gasteiger partial charge in [0.05, 0.1) is 5.92 Å². The second kappa shape index (κ2) is 9.15. The number of hydrogen-bond acceptors (Lipinski definition) is 3. The molecule has 30 heavy (non-hydrogen) atoms. The van der Waals surface area contributed by atoms with Gasteiger partial charge in [-0.05, 0) is 49.1 Å². The maximum atomic E-state index is 13.2. The summed E-state index contributed by atoms with van der Waals surface area (Å²) < 4.78 is 0. The summed E-state index contributed by atoms with van der Waals surface area (Å²) in [5.41, 5.74) is -0.397. The largest absolute Gasteiger partial charge is 0.481 e.